The zero-order valence-corrected chi connectivity index (χ0v) is 10.5. The number of nitrogens with one attached hydrogen (secondary N) is 1. The highest BCUT2D eigenvalue weighted by molar-refractivity contribution is 5.15. The van der Waals surface area contributed by atoms with Crippen LogP contribution in [0.4, 0.5) is 0 Å². The van der Waals surface area contributed by atoms with Crippen LogP contribution in [0, 0.1) is 6.92 Å². The van der Waals surface area contributed by atoms with Crippen LogP contribution in [0.5, 0.6) is 0 Å². The summed E-state index contributed by atoms with van der Waals surface area (Å²) in [5.74, 6) is 1.24. The quantitative estimate of drug-likeness (QED) is 0.858. The summed E-state index contributed by atoms with van der Waals surface area (Å²) in [6.45, 7) is 7.65. The van der Waals surface area contributed by atoms with Crippen LogP contribution >= 0.6 is 0 Å². The van der Waals surface area contributed by atoms with Gasteiger partial charge in [-0.25, -0.2) is 0 Å². The second kappa shape index (κ2) is 5.14. The van der Waals surface area contributed by atoms with Crippen LogP contribution in [-0.2, 0) is 6.54 Å². The second-order valence-corrected chi connectivity index (χ2v) is 4.11. The molecule has 2 aromatic heterocycles. The molecule has 0 radical (unpaired) electrons. The van der Waals surface area contributed by atoms with E-state index in [2.05, 4.69) is 46.2 Å². The predicted molar refractivity (Wildman–Crippen MR) is 64.7 cm³/mol. The van der Waals surface area contributed by atoms with Crippen molar-refractivity contribution in [2.24, 2.45) is 0 Å². The number of hydrogen-bond donors (Lipinski definition) is 1. The maximum atomic E-state index is 5.35. The monoisotopic (exact) mass is 234 g/mol. The van der Waals surface area contributed by atoms with Gasteiger partial charge in [0.25, 0.3) is 0 Å². The van der Waals surface area contributed by atoms with E-state index in [1.807, 2.05) is 6.20 Å². The molecule has 0 aliphatic rings. The molecule has 0 aliphatic carbocycles. The summed E-state index contributed by atoms with van der Waals surface area (Å²) in [5, 5.41) is 11.2. The van der Waals surface area contributed by atoms with Crippen molar-refractivity contribution in [1.29, 1.82) is 0 Å². The molecule has 5 nitrogen and oxygen atoms in total. The Bertz CT molecular complexity index is 474. The van der Waals surface area contributed by atoms with E-state index in [-0.39, 0.29) is 0 Å². The van der Waals surface area contributed by atoms with E-state index < -0.39 is 0 Å². The highest BCUT2D eigenvalue weighted by Gasteiger charge is 2.07. The van der Waals surface area contributed by atoms with Crippen LogP contribution in [-0.4, -0.2) is 21.3 Å². The lowest BCUT2D eigenvalue weighted by atomic mass is 10.2. The van der Waals surface area contributed by atoms with E-state index in [4.69, 9.17) is 4.42 Å². The lowest BCUT2D eigenvalue weighted by Gasteiger charge is -2.09. The molecule has 0 saturated carbocycles. The summed E-state index contributed by atoms with van der Waals surface area (Å²) in [6.07, 6.45) is 4.13. The van der Waals surface area contributed by atoms with Crippen LogP contribution in [0.1, 0.15) is 37.2 Å². The van der Waals surface area contributed by atoms with Crippen molar-refractivity contribution in [3.8, 4) is 0 Å². The smallest absolute Gasteiger partial charge is 0.236 e. The van der Waals surface area contributed by atoms with Crippen molar-refractivity contribution < 1.29 is 4.42 Å². The van der Waals surface area contributed by atoms with Gasteiger partial charge in [0.2, 0.25) is 11.8 Å². The van der Waals surface area contributed by atoms with E-state index in [1.165, 1.54) is 5.56 Å². The third-order valence-electron chi connectivity index (χ3n) is 2.67. The fraction of sp³-hybridized carbons (Fsp3) is 0.500. The second-order valence-electron chi connectivity index (χ2n) is 4.11. The number of aryl methyl sites for hydroxylation is 1. The predicted octanol–water partition coefficient (Wildman–Crippen LogP) is 1.90. The molecule has 2 rings (SSSR count). The van der Waals surface area contributed by atoms with Crippen molar-refractivity contribution in [2.45, 2.75) is 33.4 Å². The van der Waals surface area contributed by atoms with E-state index >= 15 is 0 Å². The molecule has 1 atom stereocenters. The number of hydrogen-bond acceptors (Lipinski definition) is 4. The third kappa shape index (κ3) is 2.94. The lowest BCUT2D eigenvalue weighted by molar-refractivity contribution is 0.454. The largest absolute Gasteiger partial charge is 0.424 e. The van der Waals surface area contributed by atoms with Crippen LogP contribution in [0.15, 0.2) is 22.9 Å². The molecule has 1 unspecified atom stereocenters. The van der Waals surface area contributed by atoms with Crippen molar-refractivity contribution in [3.63, 3.8) is 0 Å². The Labute approximate surface area is 101 Å². The minimum absolute atomic E-state index is 0.366. The summed E-state index contributed by atoms with van der Waals surface area (Å²) in [4.78, 5) is 0. The van der Waals surface area contributed by atoms with Gasteiger partial charge in [0.15, 0.2) is 0 Å². The molecule has 0 spiro atoms. The number of aromatic nitrogens is 3. The average molecular weight is 234 g/mol. The van der Waals surface area contributed by atoms with Gasteiger partial charge in [0.1, 0.15) is 6.54 Å². The van der Waals surface area contributed by atoms with E-state index in [0.717, 1.165) is 6.54 Å². The summed E-state index contributed by atoms with van der Waals surface area (Å²) < 4.78 is 7.40. The van der Waals surface area contributed by atoms with Gasteiger partial charge in [-0.2, -0.15) is 0 Å². The molecule has 0 aliphatic heterocycles. The van der Waals surface area contributed by atoms with Gasteiger partial charge in [0.05, 0.1) is 0 Å². The van der Waals surface area contributed by atoms with E-state index in [1.54, 1.807) is 6.92 Å². The first kappa shape index (κ1) is 11.9. The van der Waals surface area contributed by atoms with Gasteiger partial charge >= 0.3 is 0 Å². The van der Waals surface area contributed by atoms with Crippen LogP contribution in [0.2, 0.25) is 0 Å². The fourth-order valence-corrected chi connectivity index (χ4v) is 1.80. The van der Waals surface area contributed by atoms with Crippen molar-refractivity contribution >= 4 is 0 Å². The normalized spacial score (nSPS) is 12.9. The summed E-state index contributed by atoms with van der Waals surface area (Å²) >= 11 is 0. The Morgan fingerprint density at radius 3 is 2.94 bits per heavy atom. The Morgan fingerprint density at radius 1 is 1.47 bits per heavy atom. The van der Waals surface area contributed by atoms with Crippen molar-refractivity contribution in [1.82, 2.24) is 20.1 Å². The molecule has 0 saturated heterocycles. The summed E-state index contributed by atoms with van der Waals surface area (Å²) in [7, 11) is 0. The summed E-state index contributed by atoms with van der Waals surface area (Å²) in [5.41, 5.74) is 1.27. The Hall–Kier alpha value is -1.62. The van der Waals surface area contributed by atoms with Gasteiger partial charge in [-0.3, -0.25) is 0 Å². The zero-order chi connectivity index (χ0) is 12.3. The maximum Gasteiger partial charge on any atom is 0.236 e. The van der Waals surface area contributed by atoms with E-state index in [9.17, 15) is 0 Å². The fourth-order valence-electron chi connectivity index (χ4n) is 1.80. The SMILES string of the molecule is CCNC(C)c1ccn(Cc2nnc(C)o2)c1. The van der Waals surface area contributed by atoms with Crippen LogP contribution in [0.3, 0.4) is 0 Å². The molecule has 5 heteroatoms. The Morgan fingerprint density at radius 2 is 2.29 bits per heavy atom. The van der Waals surface area contributed by atoms with Crippen molar-refractivity contribution in [3.05, 3.63) is 35.8 Å². The van der Waals surface area contributed by atoms with Gasteiger partial charge in [-0.1, -0.05) is 6.92 Å². The molecule has 2 aromatic rings. The first-order chi connectivity index (χ1) is 8.19. The molecule has 92 valence electrons. The standard InChI is InChI=1S/C12H18N4O/c1-4-13-9(2)11-5-6-16(7-11)8-12-15-14-10(3)17-12/h5-7,9,13H,4,8H2,1-3H3. The minimum atomic E-state index is 0.366. The Kier molecular flexibility index (Phi) is 3.58. The van der Waals surface area contributed by atoms with Gasteiger partial charge in [-0.15, -0.1) is 10.2 Å². The molecular weight excluding hydrogens is 216 g/mol. The average Bonchev–Trinajstić information content (AvgIpc) is 2.89. The minimum Gasteiger partial charge on any atom is -0.424 e. The van der Waals surface area contributed by atoms with E-state index in [0.29, 0.717) is 24.4 Å². The molecule has 0 fully saturated rings. The van der Waals surface area contributed by atoms with Crippen LogP contribution < -0.4 is 5.32 Å². The first-order valence-corrected chi connectivity index (χ1v) is 5.87. The highest BCUT2D eigenvalue weighted by atomic mass is 16.4. The molecule has 1 N–H and O–H groups in total. The molecule has 0 aromatic carbocycles. The molecule has 0 amide bonds. The highest BCUT2D eigenvalue weighted by Crippen LogP contribution is 2.13. The zero-order valence-electron chi connectivity index (χ0n) is 10.5. The first-order valence-electron chi connectivity index (χ1n) is 5.87. The molecular formula is C12H18N4O. The molecule has 0 bridgehead atoms. The van der Waals surface area contributed by atoms with Crippen molar-refractivity contribution in [2.75, 3.05) is 6.54 Å². The molecule has 17 heavy (non-hydrogen) atoms. The third-order valence-corrected chi connectivity index (χ3v) is 2.67. The maximum absolute atomic E-state index is 5.35. The number of nitrogens with zero attached hydrogens (tertiary/aromatic N) is 3. The van der Waals surface area contributed by atoms with Crippen LogP contribution in [0.25, 0.3) is 0 Å². The van der Waals surface area contributed by atoms with Gasteiger partial charge in [0, 0.05) is 25.4 Å². The topological polar surface area (TPSA) is 55.9 Å². The van der Waals surface area contributed by atoms with Gasteiger partial charge < -0.3 is 14.3 Å². The van der Waals surface area contributed by atoms with Gasteiger partial charge in [-0.05, 0) is 25.1 Å². The Balaban J connectivity index is 2.03. The lowest BCUT2D eigenvalue weighted by Crippen LogP contribution is -2.17. The molecule has 2 heterocycles. The summed E-state index contributed by atoms with van der Waals surface area (Å²) in [6, 6.07) is 2.47. The number of rotatable bonds is 5.